The molecule has 40 heavy (non-hydrogen) atoms. The Kier molecular flexibility index (Phi) is 6.83. The van der Waals surface area contributed by atoms with Crippen molar-refractivity contribution in [2.75, 3.05) is 4.72 Å². The Morgan fingerprint density at radius 1 is 0.875 bits per heavy atom. The first-order valence-electron chi connectivity index (χ1n) is 13.1. The Morgan fingerprint density at radius 2 is 1.52 bits per heavy atom. The molecule has 0 bridgehead atoms. The zero-order chi connectivity index (χ0) is 27.7. The molecule has 1 aliphatic carbocycles. The van der Waals surface area contributed by atoms with Gasteiger partial charge in [0.25, 0.3) is 15.9 Å². The summed E-state index contributed by atoms with van der Waals surface area (Å²) in [4.78, 5) is 21.0. The molecule has 0 unspecified atom stereocenters. The molecular weight excluding hydrogens is 524 g/mol. The molecule has 4 N–H and O–H groups in total. The third kappa shape index (κ3) is 5.09. The molecule has 2 heterocycles. The van der Waals surface area contributed by atoms with E-state index in [0.717, 1.165) is 23.1 Å². The molecule has 2 atom stereocenters. The van der Waals surface area contributed by atoms with Gasteiger partial charge >= 0.3 is 0 Å². The quantitative estimate of drug-likeness (QED) is 0.217. The first-order chi connectivity index (χ1) is 19.4. The van der Waals surface area contributed by atoms with E-state index in [4.69, 9.17) is 0 Å². The Hall–Kier alpha value is -4.47. The molecule has 5 aromatic rings. The van der Waals surface area contributed by atoms with E-state index >= 15 is 0 Å². The van der Waals surface area contributed by atoms with Gasteiger partial charge < -0.3 is 15.4 Å². The zero-order valence-corrected chi connectivity index (χ0v) is 22.4. The number of aromatic nitrogens is 2. The number of aliphatic hydroxyl groups excluding tert-OH is 1. The van der Waals surface area contributed by atoms with Crippen molar-refractivity contribution in [1.82, 2.24) is 15.3 Å². The van der Waals surface area contributed by atoms with Crippen LogP contribution in [-0.4, -0.2) is 41.5 Å². The summed E-state index contributed by atoms with van der Waals surface area (Å²) in [6.45, 7) is 0. The van der Waals surface area contributed by atoms with Crippen LogP contribution < -0.4 is 10.0 Å². The Bertz CT molecular complexity index is 1770. The van der Waals surface area contributed by atoms with Gasteiger partial charge in [-0.25, -0.2) is 13.4 Å². The number of hydrogen-bond donors (Lipinski definition) is 4. The highest BCUT2D eigenvalue weighted by Gasteiger charge is 2.29. The van der Waals surface area contributed by atoms with Crippen molar-refractivity contribution in [3.8, 4) is 22.3 Å². The van der Waals surface area contributed by atoms with Gasteiger partial charge in [0.1, 0.15) is 11.3 Å². The fourth-order valence-corrected chi connectivity index (χ4v) is 6.26. The summed E-state index contributed by atoms with van der Waals surface area (Å²) in [6.07, 6.45) is 3.07. The van der Waals surface area contributed by atoms with Crippen LogP contribution in [-0.2, 0) is 10.0 Å². The number of nitrogens with one attached hydrogen (secondary N) is 3. The number of H-pyrrole nitrogens is 1. The number of amides is 1. The molecule has 0 spiro atoms. The van der Waals surface area contributed by atoms with E-state index in [1.807, 2.05) is 60.7 Å². The Balaban J connectivity index is 1.33. The molecule has 0 radical (unpaired) electrons. The number of sulfonamides is 1. The van der Waals surface area contributed by atoms with Crippen LogP contribution in [0.1, 0.15) is 29.8 Å². The topological polar surface area (TPSA) is 124 Å². The largest absolute Gasteiger partial charge is 0.391 e. The highest BCUT2D eigenvalue weighted by molar-refractivity contribution is 7.92. The van der Waals surface area contributed by atoms with E-state index in [1.165, 1.54) is 6.20 Å². The minimum atomic E-state index is -3.90. The number of pyridine rings is 1. The summed E-state index contributed by atoms with van der Waals surface area (Å²) in [7, 11) is -3.90. The van der Waals surface area contributed by atoms with Crippen molar-refractivity contribution in [2.24, 2.45) is 0 Å². The minimum Gasteiger partial charge on any atom is -0.391 e. The summed E-state index contributed by atoms with van der Waals surface area (Å²) < 4.78 is 29.1. The number of carbonyl (C=O) groups excluding carboxylic acids is 1. The highest BCUT2D eigenvalue weighted by Crippen LogP contribution is 2.34. The molecule has 2 aromatic heterocycles. The second kappa shape index (κ2) is 10.6. The maximum atomic E-state index is 13.3. The van der Waals surface area contributed by atoms with Crippen LogP contribution in [0.3, 0.4) is 0 Å². The van der Waals surface area contributed by atoms with E-state index in [1.54, 1.807) is 30.3 Å². The van der Waals surface area contributed by atoms with E-state index in [2.05, 4.69) is 20.0 Å². The molecule has 1 amide bonds. The average Bonchev–Trinajstić information content (AvgIpc) is 3.56. The molecule has 1 saturated carbocycles. The van der Waals surface area contributed by atoms with Gasteiger partial charge in [0.2, 0.25) is 0 Å². The lowest BCUT2D eigenvalue weighted by atomic mass is 10.0. The minimum absolute atomic E-state index is 0.125. The second-order valence-electron chi connectivity index (χ2n) is 9.94. The van der Waals surface area contributed by atoms with Crippen LogP contribution in [0.2, 0.25) is 0 Å². The second-order valence-corrected chi connectivity index (χ2v) is 11.6. The molecule has 3 aromatic carbocycles. The Morgan fingerprint density at radius 3 is 2.17 bits per heavy atom. The van der Waals surface area contributed by atoms with Crippen LogP contribution in [0.15, 0.2) is 102 Å². The smallest absolute Gasteiger partial charge is 0.268 e. The van der Waals surface area contributed by atoms with Crippen LogP contribution >= 0.6 is 0 Å². The summed E-state index contributed by atoms with van der Waals surface area (Å²) in [5, 5.41) is 13.8. The van der Waals surface area contributed by atoms with Gasteiger partial charge in [-0.1, -0.05) is 72.8 Å². The molecule has 0 saturated heterocycles. The van der Waals surface area contributed by atoms with Crippen LogP contribution in [0.4, 0.5) is 5.69 Å². The molecule has 0 aliphatic heterocycles. The first kappa shape index (κ1) is 25.8. The van der Waals surface area contributed by atoms with Gasteiger partial charge in [-0.05, 0) is 54.2 Å². The lowest BCUT2D eigenvalue weighted by Crippen LogP contribution is -2.40. The maximum Gasteiger partial charge on any atom is 0.268 e. The number of anilines is 1. The predicted octanol–water partition coefficient (Wildman–Crippen LogP) is 5.34. The van der Waals surface area contributed by atoms with Gasteiger partial charge in [0.05, 0.1) is 28.9 Å². The number of aliphatic hydroxyl groups is 1. The molecule has 8 nitrogen and oxygen atoms in total. The third-order valence-corrected chi connectivity index (χ3v) is 8.66. The van der Waals surface area contributed by atoms with Crippen molar-refractivity contribution in [3.63, 3.8) is 0 Å². The van der Waals surface area contributed by atoms with Crippen molar-refractivity contribution in [1.29, 1.82) is 0 Å². The number of aromatic amines is 1. The molecule has 6 rings (SSSR count). The van der Waals surface area contributed by atoms with Crippen molar-refractivity contribution in [2.45, 2.75) is 36.3 Å². The summed E-state index contributed by atoms with van der Waals surface area (Å²) in [5.41, 5.74) is 4.34. The molecule has 1 aliphatic rings. The van der Waals surface area contributed by atoms with Gasteiger partial charge in [0, 0.05) is 10.9 Å². The molecule has 202 valence electrons. The number of carbonyl (C=O) groups is 1. The van der Waals surface area contributed by atoms with E-state index in [9.17, 15) is 18.3 Å². The van der Waals surface area contributed by atoms with Gasteiger partial charge in [-0.15, -0.1) is 0 Å². The molecule has 1 fully saturated rings. The van der Waals surface area contributed by atoms with Crippen molar-refractivity contribution >= 4 is 32.7 Å². The zero-order valence-electron chi connectivity index (χ0n) is 21.5. The lowest BCUT2D eigenvalue weighted by molar-refractivity contribution is 0.0870. The molecular formula is C31H28N4O4S. The van der Waals surface area contributed by atoms with Crippen molar-refractivity contribution < 1.29 is 18.3 Å². The number of nitrogens with zero attached hydrogens (tertiary/aromatic N) is 1. The van der Waals surface area contributed by atoms with Crippen LogP contribution in [0.5, 0.6) is 0 Å². The van der Waals surface area contributed by atoms with Crippen LogP contribution in [0.25, 0.3) is 33.3 Å². The Labute approximate surface area is 232 Å². The fourth-order valence-electron chi connectivity index (χ4n) is 5.22. The van der Waals surface area contributed by atoms with Crippen LogP contribution in [0, 0.1) is 0 Å². The highest BCUT2D eigenvalue weighted by atomic mass is 32.2. The monoisotopic (exact) mass is 552 g/mol. The van der Waals surface area contributed by atoms with E-state index in [-0.39, 0.29) is 22.5 Å². The first-order valence-corrected chi connectivity index (χ1v) is 14.6. The standard InChI is InChI=1S/C31H28N4O4S/c36-27-13-7-12-26(27)33-31(37)29-28(22-10-5-2-6-11-22)25-18-23(19-32-30(25)34-29)35-40(38,39)24-16-14-21(15-17-24)20-8-3-1-4-9-20/h1-6,8-11,14-19,26-27,35-36H,7,12-13H2,(H,32,34)(H,33,37)/t26-,27+/m0/s1. The summed E-state index contributed by atoms with van der Waals surface area (Å²) >= 11 is 0. The van der Waals surface area contributed by atoms with Gasteiger partial charge in [-0.3, -0.25) is 9.52 Å². The number of fused-ring (bicyclic) bond motifs is 1. The lowest BCUT2D eigenvalue weighted by Gasteiger charge is -2.16. The number of benzene rings is 3. The summed E-state index contributed by atoms with van der Waals surface area (Å²) in [6, 6.07) is 27.2. The predicted molar refractivity (Wildman–Crippen MR) is 155 cm³/mol. The number of hydrogen-bond acceptors (Lipinski definition) is 5. The maximum absolute atomic E-state index is 13.3. The normalized spacial score (nSPS) is 17.1. The third-order valence-electron chi connectivity index (χ3n) is 7.26. The van der Waals surface area contributed by atoms with Gasteiger partial charge in [0.15, 0.2) is 0 Å². The van der Waals surface area contributed by atoms with E-state index < -0.39 is 16.1 Å². The molecule has 9 heteroatoms. The van der Waals surface area contributed by atoms with Crippen molar-refractivity contribution in [3.05, 3.63) is 103 Å². The summed E-state index contributed by atoms with van der Waals surface area (Å²) in [5.74, 6) is -0.344. The van der Waals surface area contributed by atoms with Gasteiger partial charge in [-0.2, -0.15) is 0 Å². The SMILES string of the molecule is O=C(N[C@H]1CCC[C@H]1O)c1[nH]c2ncc(NS(=O)(=O)c3ccc(-c4ccccc4)cc3)cc2c1-c1ccccc1. The fraction of sp³-hybridized carbons (Fsp3) is 0.161. The average molecular weight is 553 g/mol. The number of rotatable bonds is 7. The van der Waals surface area contributed by atoms with E-state index in [0.29, 0.717) is 35.1 Å².